The van der Waals surface area contributed by atoms with Crippen LogP contribution in [0.5, 0.6) is 5.75 Å². The molecule has 2 N–H and O–H groups in total. The summed E-state index contributed by atoms with van der Waals surface area (Å²) in [7, 11) is 3.74. The van der Waals surface area contributed by atoms with E-state index in [2.05, 4.69) is 36.3 Å². The van der Waals surface area contributed by atoms with Gasteiger partial charge in [0.1, 0.15) is 5.75 Å². The Morgan fingerprint density at radius 1 is 1.33 bits per heavy atom. The van der Waals surface area contributed by atoms with Crippen LogP contribution in [-0.2, 0) is 6.42 Å². The van der Waals surface area contributed by atoms with Gasteiger partial charge in [-0.3, -0.25) is 0 Å². The Kier molecular flexibility index (Phi) is 3.92. The van der Waals surface area contributed by atoms with Crippen molar-refractivity contribution < 1.29 is 4.74 Å². The molecule has 0 saturated carbocycles. The highest BCUT2D eigenvalue weighted by atomic mass is 16.5. The molecule has 0 fully saturated rings. The molecule has 2 rings (SSSR count). The molecule has 0 radical (unpaired) electrons. The molecule has 3 heteroatoms. The molecule has 1 heterocycles. The van der Waals surface area contributed by atoms with Gasteiger partial charge in [-0.25, -0.2) is 0 Å². The van der Waals surface area contributed by atoms with E-state index in [9.17, 15) is 0 Å². The molecule has 0 aliphatic rings. The van der Waals surface area contributed by atoms with Crippen LogP contribution in [0.25, 0.3) is 10.9 Å². The summed E-state index contributed by atoms with van der Waals surface area (Å²) in [5.74, 6) is 0.916. The fraction of sp³-hybridized carbons (Fsp3) is 0.467. The first-order valence-electron chi connectivity index (χ1n) is 6.61. The van der Waals surface area contributed by atoms with Crippen molar-refractivity contribution in [1.29, 1.82) is 0 Å². The van der Waals surface area contributed by atoms with Gasteiger partial charge in [0.2, 0.25) is 0 Å². The smallest absolute Gasteiger partial charge is 0.142 e. The average Bonchev–Trinajstić information content (AvgIpc) is 2.79. The summed E-state index contributed by atoms with van der Waals surface area (Å²) < 4.78 is 5.44. The first-order chi connectivity index (χ1) is 8.76. The standard InChI is InChI=1S/C15H22N2O/c1-5-11(16-3)14-10-8-7-9-13(18-4)15(10)17-12(14)6-2/h7-9,11,16-17H,5-6H2,1-4H3. The van der Waals surface area contributed by atoms with Crippen molar-refractivity contribution in [3.63, 3.8) is 0 Å². The number of rotatable bonds is 5. The number of aromatic amines is 1. The van der Waals surface area contributed by atoms with E-state index in [0.29, 0.717) is 6.04 Å². The van der Waals surface area contributed by atoms with E-state index in [0.717, 1.165) is 24.1 Å². The molecule has 0 bridgehead atoms. The largest absolute Gasteiger partial charge is 0.495 e. The van der Waals surface area contributed by atoms with Crippen molar-refractivity contribution in [2.24, 2.45) is 0 Å². The molecule has 0 spiro atoms. The monoisotopic (exact) mass is 246 g/mol. The normalized spacial score (nSPS) is 12.9. The third kappa shape index (κ3) is 1.99. The summed E-state index contributed by atoms with van der Waals surface area (Å²) >= 11 is 0. The Balaban J connectivity index is 2.70. The second-order valence-corrected chi connectivity index (χ2v) is 4.50. The Hall–Kier alpha value is -1.48. The van der Waals surface area contributed by atoms with Gasteiger partial charge in [-0.2, -0.15) is 0 Å². The highest BCUT2D eigenvalue weighted by Crippen LogP contribution is 2.34. The maximum Gasteiger partial charge on any atom is 0.142 e. The number of fused-ring (bicyclic) bond motifs is 1. The zero-order chi connectivity index (χ0) is 13.1. The molecule has 3 nitrogen and oxygen atoms in total. The van der Waals surface area contributed by atoms with E-state index in [1.165, 1.54) is 16.6 Å². The van der Waals surface area contributed by atoms with Gasteiger partial charge in [0.05, 0.1) is 12.6 Å². The van der Waals surface area contributed by atoms with E-state index in [-0.39, 0.29) is 0 Å². The first-order valence-corrected chi connectivity index (χ1v) is 6.61. The molecule has 0 amide bonds. The number of para-hydroxylation sites is 1. The minimum Gasteiger partial charge on any atom is -0.495 e. The summed E-state index contributed by atoms with van der Waals surface area (Å²) in [6.45, 7) is 4.39. The number of methoxy groups -OCH3 is 1. The number of benzene rings is 1. The average molecular weight is 246 g/mol. The van der Waals surface area contributed by atoms with E-state index in [1.54, 1.807) is 7.11 Å². The topological polar surface area (TPSA) is 37.0 Å². The lowest BCUT2D eigenvalue weighted by atomic mass is 9.99. The number of aryl methyl sites for hydroxylation is 1. The van der Waals surface area contributed by atoms with Crippen LogP contribution in [0.4, 0.5) is 0 Å². The van der Waals surface area contributed by atoms with Crippen LogP contribution >= 0.6 is 0 Å². The summed E-state index contributed by atoms with van der Waals surface area (Å²) in [5.41, 5.74) is 3.80. The van der Waals surface area contributed by atoms with Crippen LogP contribution < -0.4 is 10.1 Å². The Morgan fingerprint density at radius 3 is 2.67 bits per heavy atom. The van der Waals surface area contributed by atoms with Crippen LogP contribution in [0.3, 0.4) is 0 Å². The Morgan fingerprint density at radius 2 is 2.11 bits per heavy atom. The molecule has 1 atom stereocenters. The third-order valence-corrected chi connectivity index (χ3v) is 3.60. The molecule has 0 saturated heterocycles. The molecule has 1 aromatic carbocycles. The summed E-state index contributed by atoms with van der Waals surface area (Å²) in [5, 5.41) is 4.67. The summed E-state index contributed by atoms with van der Waals surface area (Å²) in [4.78, 5) is 3.52. The van der Waals surface area contributed by atoms with Crippen molar-refractivity contribution in [2.75, 3.05) is 14.2 Å². The molecule has 1 unspecified atom stereocenters. The lowest BCUT2D eigenvalue weighted by molar-refractivity contribution is 0.419. The fourth-order valence-corrected chi connectivity index (χ4v) is 2.66. The van der Waals surface area contributed by atoms with Crippen LogP contribution in [0.15, 0.2) is 18.2 Å². The lowest BCUT2D eigenvalue weighted by Gasteiger charge is -2.15. The van der Waals surface area contributed by atoms with E-state index in [4.69, 9.17) is 4.74 Å². The fourth-order valence-electron chi connectivity index (χ4n) is 2.66. The van der Waals surface area contributed by atoms with Gasteiger partial charge in [0.15, 0.2) is 0 Å². The maximum absolute atomic E-state index is 5.44. The third-order valence-electron chi connectivity index (χ3n) is 3.60. The van der Waals surface area contributed by atoms with Crippen LogP contribution in [0.2, 0.25) is 0 Å². The van der Waals surface area contributed by atoms with Gasteiger partial charge in [-0.05, 0) is 31.5 Å². The number of H-pyrrole nitrogens is 1. The van der Waals surface area contributed by atoms with Crippen LogP contribution in [-0.4, -0.2) is 19.1 Å². The second-order valence-electron chi connectivity index (χ2n) is 4.50. The molecular weight excluding hydrogens is 224 g/mol. The van der Waals surface area contributed by atoms with Crippen LogP contribution in [0, 0.1) is 0 Å². The van der Waals surface area contributed by atoms with Gasteiger partial charge in [0, 0.05) is 17.1 Å². The lowest BCUT2D eigenvalue weighted by Crippen LogP contribution is -2.16. The van der Waals surface area contributed by atoms with E-state index in [1.807, 2.05) is 13.1 Å². The molecule has 1 aromatic heterocycles. The number of aromatic nitrogens is 1. The van der Waals surface area contributed by atoms with Crippen molar-refractivity contribution in [2.45, 2.75) is 32.7 Å². The molecule has 0 aliphatic carbocycles. The van der Waals surface area contributed by atoms with Gasteiger partial charge in [-0.15, -0.1) is 0 Å². The summed E-state index contributed by atoms with van der Waals surface area (Å²) in [6, 6.07) is 6.62. The molecular formula is C15H22N2O. The number of hydrogen-bond donors (Lipinski definition) is 2. The maximum atomic E-state index is 5.44. The second kappa shape index (κ2) is 5.44. The Labute approximate surface area is 109 Å². The predicted molar refractivity (Wildman–Crippen MR) is 76.3 cm³/mol. The minimum atomic E-state index is 0.390. The molecule has 98 valence electrons. The zero-order valence-electron chi connectivity index (χ0n) is 11.6. The minimum absolute atomic E-state index is 0.390. The zero-order valence-corrected chi connectivity index (χ0v) is 11.6. The van der Waals surface area contributed by atoms with Crippen molar-refractivity contribution >= 4 is 10.9 Å². The van der Waals surface area contributed by atoms with Gasteiger partial charge < -0.3 is 15.0 Å². The van der Waals surface area contributed by atoms with E-state index < -0.39 is 0 Å². The summed E-state index contributed by atoms with van der Waals surface area (Å²) in [6.07, 6.45) is 2.08. The number of nitrogens with one attached hydrogen (secondary N) is 2. The van der Waals surface area contributed by atoms with E-state index >= 15 is 0 Å². The van der Waals surface area contributed by atoms with Gasteiger partial charge >= 0.3 is 0 Å². The van der Waals surface area contributed by atoms with Crippen LogP contribution in [0.1, 0.15) is 37.6 Å². The molecule has 0 aliphatic heterocycles. The number of hydrogen-bond acceptors (Lipinski definition) is 2. The molecule has 2 aromatic rings. The quantitative estimate of drug-likeness (QED) is 0.848. The van der Waals surface area contributed by atoms with Crippen molar-refractivity contribution in [3.05, 3.63) is 29.5 Å². The first kappa shape index (κ1) is 13.0. The highest BCUT2D eigenvalue weighted by molar-refractivity contribution is 5.90. The SMILES string of the molecule is CCc1[nH]c2c(OC)cccc2c1C(CC)NC. The van der Waals surface area contributed by atoms with Gasteiger partial charge in [0.25, 0.3) is 0 Å². The highest BCUT2D eigenvalue weighted by Gasteiger charge is 2.18. The number of ether oxygens (including phenoxy) is 1. The van der Waals surface area contributed by atoms with Crippen molar-refractivity contribution in [3.8, 4) is 5.75 Å². The van der Waals surface area contributed by atoms with Crippen molar-refractivity contribution in [1.82, 2.24) is 10.3 Å². The predicted octanol–water partition coefficient (Wildman–Crippen LogP) is 3.41. The Bertz CT molecular complexity index is 527. The molecule has 18 heavy (non-hydrogen) atoms. The van der Waals surface area contributed by atoms with Gasteiger partial charge in [-0.1, -0.05) is 26.0 Å².